The van der Waals surface area contributed by atoms with Crippen molar-refractivity contribution in [1.82, 2.24) is 16.0 Å². The van der Waals surface area contributed by atoms with Crippen LogP contribution in [-0.4, -0.2) is 24.0 Å². The number of rotatable bonds is 5. The monoisotopic (exact) mass is 331 g/mol. The van der Waals surface area contributed by atoms with Crippen molar-refractivity contribution in [2.24, 2.45) is 5.92 Å². The van der Waals surface area contributed by atoms with Gasteiger partial charge in [0.1, 0.15) is 0 Å². The van der Waals surface area contributed by atoms with Crippen LogP contribution in [0, 0.1) is 5.92 Å². The molecule has 0 bridgehead atoms. The number of hydrogen-bond donors (Lipinski definition) is 3. The molecule has 0 atom stereocenters. The van der Waals surface area contributed by atoms with Crippen molar-refractivity contribution < 1.29 is 9.59 Å². The van der Waals surface area contributed by atoms with Crippen LogP contribution in [0.1, 0.15) is 62.4 Å². The maximum Gasteiger partial charge on any atom is 0.315 e. The minimum atomic E-state index is -0.182. The van der Waals surface area contributed by atoms with E-state index in [9.17, 15) is 9.59 Å². The van der Waals surface area contributed by atoms with Gasteiger partial charge in [0.15, 0.2) is 0 Å². The first-order valence-electron chi connectivity index (χ1n) is 8.88. The van der Waals surface area contributed by atoms with Crippen LogP contribution < -0.4 is 16.0 Å². The van der Waals surface area contributed by atoms with Gasteiger partial charge in [-0.25, -0.2) is 4.79 Å². The lowest BCUT2D eigenvalue weighted by molar-refractivity contribution is 0.0923. The van der Waals surface area contributed by atoms with Crippen molar-refractivity contribution in [3.63, 3.8) is 0 Å². The smallest absolute Gasteiger partial charge is 0.315 e. The first kappa shape index (κ1) is 18.3. The molecule has 5 heteroatoms. The van der Waals surface area contributed by atoms with E-state index in [1.54, 1.807) is 0 Å². The molecule has 1 aliphatic rings. The second kappa shape index (κ2) is 8.71. The van der Waals surface area contributed by atoms with E-state index in [1.807, 2.05) is 38.1 Å². The Labute approximate surface area is 144 Å². The molecule has 1 fully saturated rings. The fourth-order valence-electron chi connectivity index (χ4n) is 2.94. The van der Waals surface area contributed by atoms with Gasteiger partial charge >= 0.3 is 6.03 Å². The quantitative estimate of drug-likeness (QED) is 0.775. The third-order valence-corrected chi connectivity index (χ3v) is 4.44. The normalized spacial score (nSPS) is 20.5. The SMILES string of the molecule is CC1CCC(NC(=O)c2ccc(CNC(=O)NC(C)C)cc2)CC1. The van der Waals surface area contributed by atoms with Crippen molar-refractivity contribution in [3.8, 4) is 0 Å². The maximum atomic E-state index is 12.3. The molecular weight excluding hydrogens is 302 g/mol. The molecule has 0 radical (unpaired) electrons. The van der Waals surface area contributed by atoms with Crippen molar-refractivity contribution in [2.45, 2.75) is 65.1 Å². The fourth-order valence-corrected chi connectivity index (χ4v) is 2.94. The Balaban J connectivity index is 1.80. The van der Waals surface area contributed by atoms with Gasteiger partial charge in [-0.05, 0) is 63.1 Å². The van der Waals surface area contributed by atoms with Crippen LogP contribution in [0.25, 0.3) is 0 Å². The lowest BCUT2D eigenvalue weighted by Crippen LogP contribution is -2.39. The van der Waals surface area contributed by atoms with Crippen LogP contribution in [0.4, 0.5) is 4.79 Å². The van der Waals surface area contributed by atoms with Crippen LogP contribution in [0.3, 0.4) is 0 Å². The van der Waals surface area contributed by atoms with E-state index in [1.165, 1.54) is 12.8 Å². The fraction of sp³-hybridized carbons (Fsp3) is 0.579. The van der Waals surface area contributed by atoms with Crippen LogP contribution in [0.2, 0.25) is 0 Å². The lowest BCUT2D eigenvalue weighted by Gasteiger charge is -2.26. The van der Waals surface area contributed by atoms with Gasteiger partial charge in [0.2, 0.25) is 0 Å². The maximum absolute atomic E-state index is 12.3. The summed E-state index contributed by atoms with van der Waals surface area (Å²) in [6, 6.07) is 7.63. The molecule has 1 aromatic carbocycles. The third kappa shape index (κ3) is 5.87. The molecule has 1 aliphatic carbocycles. The zero-order chi connectivity index (χ0) is 17.5. The number of urea groups is 1. The van der Waals surface area contributed by atoms with Crippen molar-refractivity contribution in [2.75, 3.05) is 0 Å². The Morgan fingerprint density at radius 2 is 1.71 bits per heavy atom. The minimum Gasteiger partial charge on any atom is -0.349 e. The summed E-state index contributed by atoms with van der Waals surface area (Å²) < 4.78 is 0. The molecule has 3 amide bonds. The second-order valence-corrected chi connectivity index (χ2v) is 7.11. The summed E-state index contributed by atoms with van der Waals surface area (Å²) in [6.45, 7) is 6.55. The van der Waals surface area contributed by atoms with Crippen LogP contribution in [0.15, 0.2) is 24.3 Å². The van der Waals surface area contributed by atoms with Gasteiger partial charge in [-0.3, -0.25) is 4.79 Å². The highest BCUT2D eigenvalue weighted by atomic mass is 16.2. The van der Waals surface area contributed by atoms with E-state index in [-0.39, 0.29) is 18.0 Å². The molecule has 0 heterocycles. The third-order valence-electron chi connectivity index (χ3n) is 4.44. The van der Waals surface area contributed by atoms with E-state index in [2.05, 4.69) is 22.9 Å². The summed E-state index contributed by atoms with van der Waals surface area (Å²) in [6.07, 6.45) is 4.52. The molecule has 1 aromatic rings. The summed E-state index contributed by atoms with van der Waals surface area (Å²) in [7, 11) is 0. The number of hydrogen-bond acceptors (Lipinski definition) is 2. The zero-order valence-corrected chi connectivity index (χ0v) is 14.9. The van der Waals surface area contributed by atoms with E-state index < -0.39 is 0 Å². The Kier molecular flexibility index (Phi) is 6.64. The molecule has 0 spiro atoms. The second-order valence-electron chi connectivity index (χ2n) is 7.11. The van der Waals surface area contributed by atoms with Crippen molar-refractivity contribution >= 4 is 11.9 Å². The molecule has 0 saturated heterocycles. The predicted octanol–water partition coefficient (Wildman–Crippen LogP) is 3.20. The van der Waals surface area contributed by atoms with Gasteiger partial charge < -0.3 is 16.0 Å². The molecule has 0 aliphatic heterocycles. The van der Waals surface area contributed by atoms with Crippen LogP contribution in [0.5, 0.6) is 0 Å². The Bertz CT molecular complexity index is 546. The first-order valence-corrected chi connectivity index (χ1v) is 8.88. The summed E-state index contributed by atoms with van der Waals surface area (Å²) in [5.74, 6) is 0.768. The molecule has 24 heavy (non-hydrogen) atoms. The number of amides is 3. The molecular formula is C19H29N3O2. The Hall–Kier alpha value is -2.04. The molecule has 132 valence electrons. The highest BCUT2D eigenvalue weighted by Gasteiger charge is 2.20. The molecule has 1 saturated carbocycles. The van der Waals surface area contributed by atoms with Gasteiger partial charge in [-0.1, -0.05) is 19.1 Å². The summed E-state index contributed by atoms with van der Waals surface area (Å²) in [5.41, 5.74) is 1.64. The molecule has 2 rings (SSSR count). The minimum absolute atomic E-state index is 0.00777. The standard InChI is InChI=1S/C19H29N3O2/c1-13(2)21-19(24)20-12-15-6-8-16(9-7-15)18(23)22-17-10-4-14(3)5-11-17/h6-9,13-14,17H,4-5,10-12H2,1-3H3,(H,22,23)(H2,20,21,24). The van der Waals surface area contributed by atoms with E-state index in [0.717, 1.165) is 24.3 Å². The van der Waals surface area contributed by atoms with Crippen molar-refractivity contribution in [3.05, 3.63) is 35.4 Å². The van der Waals surface area contributed by atoms with E-state index in [4.69, 9.17) is 0 Å². The lowest BCUT2D eigenvalue weighted by atomic mass is 9.87. The first-order chi connectivity index (χ1) is 11.4. The highest BCUT2D eigenvalue weighted by molar-refractivity contribution is 5.94. The number of carbonyl (C=O) groups is 2. The van der Waals surface area contributed by atoms with Crippen molar-refractivity contribution in [1.29, 1.82) is 0 Å². The van der Waals surface area contributed by atoms with Gasteiger partial charge in [-0.2, -0.15) is 0 Å². The Morgan fingerprint density at radius 1 is 1.08 bits per heavy atom. The Morgan fingerprint density at radius 3 is 2.29 bits per heavy atom. The van der Waals surface area contributed by atoms with Gasteiger partial charge in [0.25, 0.3) is 5.91 Å². The average molecular weight is 331 g/mol. The van der Waals surface area contributed by atoms with Gasteiger partial charge in [-0.15, -0.1) is 0 Å². The largest absolute Gasteiger partial charge is 0.349 e. The zero-order valence-electron chi connectivity index (χ0n) is 14.9. The van der Waals surface area contributed by atoms with Crippen LogP contribution >= 0.6 is 0 Å². The van der Waals surface area contributed by atoms with E-state index >= 15 is 0 Å². The predicted molar refractivity (Wildman–Crippen MR) is 95.8 cm³/mol. The van der Waals surface area contributed by atoms with E-state index in [0.29, 0.717) is 18.2 Å². The summed E-state index contributed by atoms with van der Waals surface area (Å²) in [4.78, 5) is 23.9. The van der Waals surface area contributed by atoms with Gasteiger partial charge in [0.05, 0.1) is 0 Å². The number of benzene rings is 1. The molecule has 3 N–H and O–H groups in total. The summed E-state index contributed by atoms with van der Waals surface area (Å²) >= 11 is 0. The summed E-state index contributed by atoms with van der Waals surface area (Å²) in [5, 5.41) is 8.70. The van der Waals surface area contributed by atoms with Gasteiger partial charge in [0, 0.05) is 24.2 Å². The highest BCUT2D eigenvalue weighted by Crippen LogP contribution is 2.23. The number of nitrogens with one attached hydrogen (secondary N) is 3. The molecule has 0 unspecified atom stereocenters. The topological polar surface area (TPSA) is 70.2 Å². The average Bonchev–Trinajstić information content (AvgIpc) is 2.55. The molecule has 5 nitrogen and oxygen atoms in total. The molecule has 0 aromatic heterocycles. The van der Waals surface area contributed by atoms with Crippen LogP contribution in [-0.2, 0) is 6.54 Å². The number of carbonyl (C=O) groups excluding carboxylic acids is 2.